The molecule has 1 unspecified atom stereocenters. The minimum atomic E-state index is -0.202. The normalized spacial score (nSPS) is 12.7. The van der Waals surface area contributed by atoms with Crippen LogP contribution in [0, 0.1) is 5.82 Å². The van der Waals surface area contributed by atoms with Gasteiger partial charge in [0.2, 0.25) is 0 Å². The predicted molar refractivity (Wildman–Crippen MR) is 72.8 cm³/mol. The molecule has 1 aromatic carbocycles. The summed E-state index contributed by atoms with van der Waals surface area (Å²) in [6.07, 6.45) is 4.28. The van der Waals surface area contributed by atoms with Gasteiger partial charge in [-0.3, -0.25) is 0 Å². The van der Waals surface area contributed by atoms with Gasteiger partial charge in [-0.2, -0.15) is 0 Å². The molecular formula is C13H15BrFN3. The van der Waals surface area contributed by atoms with Gasteiger partial charge in [0.15, 0.2) is 0 Å². The predicted octanol–water partition coefficient (Wildman–Crippen LogP) is 2.82. The summed E-state index contributed by atoms with van der Waals surface area (Å²) in [4.78, 5) is 4.27. The van der Waals surface area contributed by atoms with Crippen LogP contribution in [0.4, 0.5) is 4.39 Å². The van der Waals surface area contributed by atoms with Gasteiger partial charge in [-0.25, -0.2) is 9.37 Å². The first kappa shape index (κ1) is 13.2. The fourth-order valence-corrected chi connectivity index (χ4v) is 2.30. The molecule has 0 spiro atoms. The summed E-state index contributed by atoms with van der Waals surface area (Å²) in [7, 11) is 3.76. The zero-order valence-electron chi connectivity index (χ0n) is 10.3. The second kappa shape index (κ2) is 5.63. The maximum Gasteiger partial charge on any atom is 0.128 e. The molecule has 0 bridgehead atoms. The number of hydrogen-bond acceptors (Lipinski definition) is 2. The molecule has 2 rings (SSSR count). The van der Waals surface area contributed by atoms with Crippen molar-refractivity contribution in [2.45, 2.75) is 12.5 Å². The van der Waals surface area contributed by atoms with E-state index in [4.69, 9.17) is 0 Å². The molecule has 0 saturated heterocycles. The van der Waals surface area contributed by atoms with Crippen LogP contribution in [-0.2, 0) is 13.5 Å². The van der Waals surface area contributed by atoms with Gasteiger partial charge >= 0.3 is 0 Å². The second-order valence-electron chi connectivity index (χ2n) is 4.17. The third-order valence-electron chi connectivity index (χ3n) is 2.99. The average molecular weight is 312 g/mol. The van der Waals surface area contributed by atoms with Crippen molar-refractivity contribution in [2.24, 2.45) is 7.05 Å². The van der Waals surface area contributed by atoms with Crippen LogP contribution in [0.1, 0.15) is 17.4 Å². The summed E-state index contributed by atoms with van der Waals surface area (Å²) < 4.78 is 16.7. The van der Waals surface area contributed by atoms with E-state index in [1.807, 2.05) is 24.9 Å². The zero-order valence-corrected chi connectivity index (χ0v) is 11.9. The van der Waals surface area contributed by atoms with E-state index >= 15 is 0 Å². The lowest BCUT2D eigenvalue weighted by Gasteiger charge is -2.17. The molecule has 0 saturated carbocycles. The van der Waals surface area contributed by atoms with Crippen molar-refractivity contribution in [3.63, 3.8) is 0 Å². The quantitative estimate of drug-likeness (QED) is 0.941. The highest BCUT2D eigenvalue weighted by molar-refractivity contribution is 9.10. The van der Waals surface area contributed by atoms with Gasteiger partial charge in [-0.15, -0.1) is 0 Å². The molecule has 0 amide bonds. The Hall–Kier alpha value is -1.20. The van der Waals surface area contributed by atoms with E-state index in [9.17, 15) is 4.39 Å². The lowest BCUT2D eigenvalue weighted by molar-refractivity contribution is 0.519. The molecule has 1 aromatic heterocycles. The lowest BCUT2D eigenvalue weighted by Crippen LogP contribution is -2.21. The number of nitrogens with one attached hydrogen (secondary N) is 1. The van der Waals surface area contributed by atoms with Gasteiger partial charge in [0.05, 0.1) is 0 Å². The van der Waals surface area contributed by atoms with E-state index in [-0.39, 0.29) is 11.9 Å². The minimum absolute atomic E-state index is 0.0939. The number of aryl methyl sites for hydroxylation is 1. The van der Waals surface area contributed by atoms with Gasteiger partial charge in [0.1, 0.15) is 11.6 Å². The van der Waals surface area contributed by atoms with Gasteiger partial charge in [-0.05, 0) is 25.2 Å². The zero-order chi connectivity index (χ0) is 13.1. The van der Waals surface area contributed by atoms with E-state index in [1.165, 1.54) is 6.07 Å². The summed E-state index contributed by atoms with van der Waals surface area (Å²) >= 11 is 3.37. The molecule has 1 atom stereocenters. The number of halogens is 2. The highest BCUT2D eigenvalue weighted by Crippen LogP contribution is 2.24. The fourth-order valence-electron chi connectivity index (χ4n) is 1.92. The minimum Gasteiger partial charge on any atom is -0.338 e. The van der Waals surface area contributed by atoms with Crippen molar-refractivity contribution < 1.29 is 4.39 Å². The summed E-state index contributed by atoms with van der Waals surface area (Å²) in [6.45, 7) is 0. The third-order valence-corrected chi connectivity index (χ3v) is 3.48. The fraction of sp³-hybridized carbons (Fsp3) is 0.308. The van der Waals surface area contributed by atoms with Crippen LogP contribution in [0.25, 0.3) is 0 Å². The Labute approximate surface area is 114 Å². The van der Waals surface area contributed by atoms with E-state index < -0.39 is 0 Å². The molecule has 3 nitrogen and oxygen atoms in total. The SMILES string of the molecule is CNC(Cc1nccn1C)c1cc(Br)ccc1F. The number of likely N-dealkylation sites (N-methyl/N-ethyl adjacent to an activating group) is 1. The Kier molecular flexibility index (Phi) is 4.14. The molecule has 1 heterocycles. The van der Waals surface area contributed by atoms with E-state index in [0.29, 0.717) is 12.0 Å². The number of nitrogens with zero attached hydrogens (tertiary/aromatic N) is 2. The molecule has 0 aliphatic heterocycles. The summed E-state index contributed by atoms with van der Waals surface area (Å²) in [5.41, 5.74) is 0.648. The molecule has 0 fully saturated rings. The summed E-state index contributed by atoms with van der Waals surface area (Å²) in [5.74, 6) is 0.723. The van der Waals surface area contributed by atoms with Crippen molar-refractivity contribution in [1.82, 2.24) is 14.9 Å². The van der Waals surface area contributed by atoms with Crippen LogP contribution < -0.4 is 5.32 Å². The molecular weight excluding hydrogens is 297 g/mol. The highest BCUT2D eigenvalue weighted by atomic mass is 79.9. The van der Waals surface area contributed by atoms with E-state index in [0.717, 1.165) is 10.3 Å². The number of aromatic nitrogens is 2. The van der Waals surface area contributed by atoms with Crippen LogP contribution >= 0.6 is 15.9 Å². The molecule has 0 radical (unpaired) electrons. The second-order valence-corrected chi connectivity index (χ2v) is 5.08. The number of hydrogen-bond donors (Lipinski definition) is 1. The molecule has 1 N–H and O–H groups in total. The van der Waals surface area contributed by atoms with Crippen molar-refractivity contribution in [1.29, 1.82) is 0 Å². The largest absolute Gasteiger partial charge is 0.338 e. The van der Waals surface area contributed by atoms with E-state index in [2.05, 4.69) is 26.2 Å². The van der Waals surface area contributed by atoms with Crippen molar-refractivity contribution in [3.8, 4) is 0 Å². The molecule has 2 aromatic rings. The number of rotatable bonds is 4. The smallest absolute Gasteiger partial charge is 0.128 e. The molecule has 18 heavy (non-hydrogen) atoms. The molecule has 0 aliphatic rings. The maximum absolute atomic E-state index is 13.8. The first-order valence-corrected chi connectivity index (χ1v) is 6.49. The van der Waals surface area contributed by atoms with Gasteiger partial charge in [-0.1, -0.05) is 15.9 Å². The highest BCUT2D eigenvalue weighted by Gasteiger charge is 2.16. The van der Waals surface area contributed by atoms with Crippen LogP contribution in [0.2, 0.25) is 0 Å². The Morgan fingerprint density at radius 1 is 1.50 bits per heavy atom. The molecule has 5 heteroatoms. The van der Waals surface area contributed by atoms with Crippen LogP contribution in [0.3, 0.4) is 0 Å². The van der Waals surface area contributed by atoms with Crippen LogP contribution in [0.5, 0.6) is 0 Å². The van der Waals surface area contributed by atoms with Gasteiger partial charge in [0, 0.05) is 41.9 Å². The van der Waals surface area contributed by atoms with Crippen molar-refractivity contribution in [3.05, 3.63) is 52.3 Å². The molecule has 0 aliphatic carbocycles. The Morgan fingerprint density at radius 3 is 2.89 bits per heavy atom. The topological polar surface area (TPSA) is 29.9 Å². The maximum atomic E-state index is 13.8. The average Bonchev–Trinajstić information content (AvgIpc) is 2.75. The first-order chi connectivity index (χ1) is 8.61. The van der Waals surface area contributed by atoms with E-state index in [1.54, 1.807) is 18.3 Å². The first-order valence-electron chi connectivity index (χ1n) is 5.70. The summed E-state index contributed by atoms with van der Waals surface area (Å²) in [5, 5.41) is 3.14. The number of benzene rings is 1. The molecule has 96 valence electrons. The summed E-state index contributed by atoms with van der Waals surface area (Å²) in [6, 6.07) is 4.89. The standard InChI is InChI=1S/C13H15BrFN3/c1-16-12(8-13-17-5-6-18(13)2)10-7-9(14)3-4-11(10)15/h3-7,12,16H,8H2,1-2H3. The van der Waals surface area contributed by atoms with Gasteiger partial charge in [0.25, 0.3) is 0 Å². The van der Waals surface area contributed by atoms with Crippen LogP contribution in [-0.4, -0.2) is 16.6 Å². The van der Waals surface area contributed by atoms with Crippen LogP contribution in [0.15, 0.2) is 35.1 Å². The lowest BCUT2D eigenvalue weighted by atomic mass is 10.0. The van der Waals surface area contributed by atoms with Crippen molar-refractivity contribution >= 4 is 15.9 Å². The Bertz CT molecular complexity index is 539. The Balaban J connectivity index is 2.28. The number of imidazole rings is 1. The van der Waals surface area contributed by atoms with Gasteiger partial charge < -0.3 is 9.88 Å². The Morgan fingerprint density at radius 2 is 2.28 bits per heavy atom. The monoisotopic (exact) mass is 311 g/mol. The third kappa shape index (κ3) is 2.79. The van der Waals surface area contributed by atoms with Crippen molar-refractivity contribution in [2.75, 3.05) is 7.05 Å².